The van der Waals surface area contributed by atoms with E-state index in [0.29, 0.717) is 0 Å². The summed E-state index contributed by atoms with van der Waals surface area (Å²) in [6.45, 7) is 3.01. The van der Waals surface area contributed by atoms with E-state index < -0.39 is 34.6 Å². The highest BCUT2D eigenvalue weighted by molar-refractivity contribution is 7.80. The van der Waals surface area contributed by atoms with Crippen molar-refractivity contribution in [3.8, 4) is 5.75 Å². The molecule has 0 atom stereocenters. The first-order valence-corrected chi connectivity index (χ1v) is 6.13. The molecule has 0 aromatic heterocycles. The zero-order valence-corrected chi connectivity index (χ0v) is 11.6. The minimum absolute atomic E-state index is 0.0966. The molecule has 1 aromatic rings. The summed E-state index contributed by atoms with van der Waals surface area (Å²) in [6.07, 6.45) is -6.15. The average molecular weight is 328 g/mol. The minimum Gasteiger partial charge on any atom is -0.410 e. The van der Waals surface area contributed by atoms with E-state index in [4.69, 9.17) is 4.74 Å². The number of thiocarbonyl (C=S) groups is 1. The van der Waals surface area contributed by atoms with Crippen molar-refractivity contribution < 1.29 is 27.5 Å². The number of para-hydroxylation sites is 1. The van der Waals surface area contributed by atoms with Crippen LogP contribution < -0.4 is 4.74 Å². The minimum atomic E-state index is -4.90. The van der Waals surface area contributed by atoms with E-state index in [1.54, 1.807) is 18.2 Å². The molecule has 1 aliphatic rings. The summed E-state index contributed by atoms with van der Waals surface area (Å²) in [5.41, 5.74) is -2.50. The molecule has 9 heteroatoms. The third kappa shape index (κ3) is 3.03. The monoisotopic (exact) mass is 328 g/mol. The van der Waals surface area contributed by atoms with Crippen LogP contribution in [0.25, 0.3) is 0 Å². The SMILES string of the molecule is C=C1C(=O)N(C(=O)Oc2ccccc2)C(=S)N=C1C(F)(F)F. The van der Waals surface area contributed by atoms with Gasteiger partial charge in [-0.15, -0.1) is 0 Å². The van der Waals surface area contributed by atoms with Crippen LogP contribution in [0.1, 0.15) is 0 Å². The molecule has 114 valence electrons. The molecule has 1 heterocycles. The zero-order chi connectivity index (χ0) is 16.5. The lowest BCUT2D eigenvalue weighted by Gasteiger charge is -2.25. The predicted molar refractivity (Wildman–Crippen MR) is 74.5 cm³/mol. The van der Waals surface area contributed by atoms with Crippen molar-refractivity contribution in [1.82, 2.24) is 4.90 Å². The number of carbonyl (C=O) groups excluding carboxylic acids is 2. The Balaban J connectivity index is 2.28. The fourth-order valence-corrected chi connectivity index (χ4v) is 1.82. The molecular formula is C13H7F3N2O3S. The van der Waals surface area contributed by atoms with E-state index >= 15 is 0 Å². The van der Waals surface area contributed by atoms with Crippen LogP contribution in [-0.4, -0.2) is 33.9 Å². The Labute approximate surface area is 127 Å². The van der Waals surface area contributed by atoms with Gasteiger partial charge in [0.1, 0.15) is 5.75 Å². The fourth-order valence-electron chi connectivity index (χ4n) is 1.57. The second-order valence-corrected chi connectivity index (χ2v) is 4.41. The van der Waals surface area contributed by atoms with Gasteiger partial charge in [0.15, 0.2) is 5.71 Å². The standard InChI is InChI=1S/C13H7F3N2O3S/c1-7-9(13(14,15)16)17-11(22)18(10(7)19)12(20)21-8-5-3-2-4-6-8/h2-6H,1H2. The Morgan fingerprint density at radius 3 is 2.41 bits per heavy atom. The van der Waals surface area contributed by atoms with E-state index in [-0.39, 0.29) is 10.6 Å². The Kier molecular flexibility index (Phi) is 4.09. The van der Waals surface area contributed by atoms with E-state index in [2.05, 4.69) is 23.8 Å². The molecule has 0 aliphatic carbocycles. The van der Waals surface area contributed by atoms with Gasteiger partial charge in [0.05, 0.1) is 5.57 Å². The number of imide groups is 1. The number of halogens is 3. The van der Waals surface area contributed by atoms with Gasteiger partial charge in [-0.3, -0.25) is 4.79 Å². The van der Waals surface area contributed by atoms with Crippen LogP contribution in [-0.2, 0) is 4.79 Å². The van der Waals surface area contributed by atoms with Crippen molar-refractivity contribution in [3.05, 3.63) is 42.5 Å². The van der Waals surface area contributed by atoms with Gasteiger partial charge >= 0.3 is 12.3 Å². The van der Waals surface area contributed by atoms with Crippen LogP contribution in [0.15, 0.2) is 47.5 Å². The summed E-state index contributed by atoms with van der Waals surface area (Å²) < 4.78 is 42.9. The topological polar surface area (TPSA) is 59.0 Å². The van der Waals surface area contributed by atoms with Crippen LogP contribution >= 0.6 is 12.2 Å². The number of alkyl halides is 3. The maximum atomic E-state index is 12.7. The first-order valence-electron chi connectivity index (χ1n) is 5.72. The molecule has 5 nitrogen and oxygen atoms in total. The summed E-state index contributed by atoms with van der Waals surface area (Å²) in [6, 6.07) is 7.65. The second-order valence-electron chi connectivity index (χ2n) is 4.04. The van der Waals surface area contributed by atoms with Crippen LogP contribution in [0.4, 0.5) is 18.0 Å². The van der Waals surface area contributed by atoms with Crippen LogP contribution in [0, 0.1) is 0 Å². The molecule has 0 unspecified atom stereocenters. The van der Waals surface area contributed by atoms with Crippen molar-refractivity contribution in [1.29, 1.82) is 0 Å². The zero-order valence-electron chi connectivity index (χ0n) is 10.8. The summed E-state index contributed by atoms with van der Waals surface area (Å²) >= 11 is 4.57. The number of hydrogen-bond acceptors (Lipinski definition) is 4. The van der Waals surface area contributed by atoms with E-state index in [1.807, 2.05) is 0 Å². The highest BCUT2D eigenvalue weighted by Gasteiger charge is 2.46. The maximum Gasteiger partial charge on any atom is 0.434 e. The molecule has 2 amide bonds. The summed E-state index contributed by atoms with van der Waals surface area (Å²) in [4.78, 5) is 27.1. The number of rotatable bonds is 1. The highest BCUT2D eigenvalue weighted by Crippen LogP contribution is 2.26. The second kappa shape index (κ2) is 5.68. The molecular weight excluding hydrogens is 321 g/mol. The van der Waals surface area contributed by atoms with E-state index in [0.717, 1.165) is 0 Å². The van der Waals surface area contributed by atoms with Gasteiger partial charge in [-0.1, -0.05) is 24.8 Å². The molecule has 1 aliphatic heterocycles. The number of aliphatic imine (C=N–C) groups is 1. The first kappa shape index (κ1) is 15.8. The quantitative estimate of drug-likeness (QED) is 0.587. The molecule has 0 bridgehead atoms. The van der Waals surface area contributed by atoms with Gasteiger partial charge in [0.25, 0.3) is 5.91 Å². The smallest absolute Gasteiger partial charge is 0.410 e. The first-order chi connectivity index (χ1) is 10.2. The van der Waals surface area contributed by atoms with Crippen molar-refractivity contribution in [2.75, 3.05) is 0 Å². The number of ether oxygens (including phenoxy) is 1. The molecule has 0 fully saturated rings. The molecule has 0 saturated heterocycles. The van der Waals surface area contributed by atoms with E-state index in [9.17, 15) is 22.8 Å². The lowest BCUT2D eigenvalue weighted by molar-refractivity contribution is -0.122. The Morgan fingerprint density at radius 1 is 1.27 bits per heavy atom. The molecule has 22 heavy (non-hydrogen) atoms. The van der Waals surface area contributed by atoms with Gasteiger partial charge in [0.2, 0.25) is 5.11 Å². The van der Waals surface area contributed by atoms with Crippen molar-refractivity contribution in [3.63, 3.8) is 0 Å². The van der Waals surface area contributed by atoms with Gasteiger partial charge in [-0.25, -0.2) is 9.79 Å². The largest absolute Gasteiger partial charge is 0.434 e. The predicted octanol–water partition coefficient (Wildman–Crippen LogP) is 2.87. The summed E-state index contributed by atoms with van der Waals surface area (Å²) in [7, 11) is 0. The number of carbonyl (C=O) groups is 2. The lowest BCUT2D eigenvalue weighted by atomic mass is 10.1. The van der Waals surface area contributed by atoms with Gasteiger partial charge in [-0.05, 0) is 24.4 Å². The number of hydrogen-bond donors (Lipinski definition) is 0. The summed E-state index contributed by atoms with van der Waals surface area (Å²) in [5, 5.41) is -0.856. The molecule has 2 rings (SSSR count). The van der Waals surface area contributed by atoms with Crippen molar-refractivity contribution in [2.45, 2.75) is 6.18 Å². The molecule has 0 radical (unpaired) electrons. The number of nitrogens with zero attached hydrogens (tertiary/aromatic N) is 2. The molecule has 0 N–H and O–H groups in total. The third-order valence-electron chi connectivity index (χ3n) is 2.55. The Morgan fingerprint density at radius 2 is 1.86 bits per heavy atom. The van der Waals surface area contributed by atoms with Gasteiger partial charge in [-0.2, -0.15) is 18.1 Å². The van der Waals surface area contributed by atoms with Crippen molar-refractivity contribution in [2.24, 2.45) is 4.99 Å². The van der Waals surface area contributed by atoms with Gasteiger partial charge < -0.3 is 4.74 Å². The summed E-state index contributed by atoms with van der Waals surface area (Å²) in [5.74, 6) is -1.23. The van der Waals surface area contributed by atoms with Crippen molar-refractivity contribution >= 4 is 35.0 Å². The Hall–Kier alpha value is -2.55. The lowest BCUT2D eigenvalue weighted by Crippen LogP contribution is -2.49. The van der Waals surface area contributed by atoms with Crippen LogP contribution in [0.5, 0.6) is 5.75 Å². The maximum absolute atomic E-state index is 12.7. The van der Waals surface area contributed by atoms with Crippen LogP contribution in [0.2, 0.25) is 0 Å². The third-order valence-corrected chi connectivity index (χ3v) is 2.82. The molecule has 0 spiro atoms. The van der Waals surface area contributed by atoms with Gasteiger partial charge in [0, 0.05) is 0 Å². The highest BCUT2D eigenvalue weighted by atomic mass is 32.1. The van der Waals surface area contributed by atoms with E-state index in [1.165, 1.54) is 12.1 Å². The average Bonchev–Trinajstić information content (AvgIpc) is 2.43. The molecule has 1 aromatic carbocycles. The van der Waals surface area contributed by atoms with Crippen LogP contribution in [0.3, 0.4) is 0 Å². The normalized spacial score (nSPS) is 15.7. The number of amides is 2. The fraction of sp³-hybridized carbons (Fsp3) is 0.0769. The Bertz CT molecular complexity index is 698. The molecule has 0 saturated carbocycles. The number of benzene rings is 1.